The predicted octanol–water partition coefficient (Wildman–Crippen LogP) is 0.551. The minimum absolute atomic E-state index is 0.485. The van der Waals surface area contributed by atoms with Crippen LogP contribution < -0.4 is 16.8 Å². The van der Waals surface area contributed by atoms with Crippen LogP contribution >= 0.6 is 0 Å². The molecule has 1 aromatic carbocycles. The van der Waals surface area contributed by atoms with Gasteiger partial charge in [-0.25, -0.2) is 4.99 Å². The van der Waals surface area contributed by atoms with Crippen LogP contribution in [0.3, 0.4) is 0 Å². The molecule has 2 aromatic rings. The Balaban J connectivity index is 1.73. The van der Waals surface area contributed by atoms with E-state index in [2.05, 4.69) is 44.6 Å². The normalized spacial score (nSPS) is 23.7. The zero-order chi connectivity index (χ0) is 14.6. The molecule has 0 bridgehead atoms. The number of nitrogen functional groups attached to an aromatic ring is 1. The molecule has 1 aromatic heterocycles. The van der Waals surface area contributed by atoms with Gasteiger partial charge in [-0.2, -0.15) is 5.10 Å². The van der Waals surface area contributed by atoms with E-state index in [-0.39, 0.29) is 0 Å². The van der Waals surface area contributed by atoms with Crippen LogP contribution in [-0.2, 0) is 18.9 Å². The summed E-state index contributed by atoms with van der Waals surface area (Å²) >= 11 is 0. The summed E-state index contributed by atoms with van der Waals surface area (Å²) < 4.78 is 0. The SMILES string of the molecule is CN1Cc2ccc(C3(N)N=Cc4c(n[nH]c4N)N3)cc2C1. The highest BCUT2D eigenvalue weighted by Crippen LogP contribution is 2.32. The number of anilines is 2. The standard InChI is InChI=1S/C14H17N7/c1-21-6-8-2-3-10(4-9(8)7-21)14(16)17-5-11-12(15)19-20-13(11)18-14/h2-5H,6-7,16H2,1H3,(H4,15,18,19,20). The number of benzene rings is 1. The molecule has 6 N–H and O–H groups in total. The van der Waals surface area contributed by atoms with Crippen LogP contribution in [-0.4, -0.2) is 28.4 Å². The van der Waals surface area contributed by atoms with Crippen molar-refractivity contribution in [2.45, 2.75) is 18.9 Å². The zero-order valence-electron chi connectivity index (χ0n) is 11.7. The number of nitrogens with two attached hydrogens (primary N) is 2. The fourth-order valence-corrected chi connectivity index (χ4v) is 2.92. The predicted molar refractivity (Wildman–Crippen MR) is 81.7 cm³/mol. The number of fused-ring (bicyclic) bond motifs is 2. The van der Waals surface area contributed by atoms with E-state index in [0.717, 1.165) is 24.2 Å². The molecule has 0 fully saturated rings. The first-order valence-electron chi connectivity index (χ1n) is 6.82. The van der Waals surface area contributed by atoms with Gasteiger partial charge in [-0.1, -0.05) is 12.1 Å². The van der Waals surface area contributed by atoms with Gasteiger partial charge in [0.15, 0.2) is 5.82 Å². The van der Waals surface area contributed by atoms with Crippen LogP contribution in [0.15, 0.2) is 23.2 Å². The maximum Gasteiger partial charge on any atom is 0.210 e. The molecular formula is C14H17N7. The molecule has 1 atom stereocenters. The van der Waals surface area contributed by atoms with Crippen LogP contribution in [0.2, 0.25) is 0 Å². The highest BCUT2D eigenvalue weighted by Gasteiger charge is 2.32. The molecule has 0 radical (unpaired) electrons. The average molecular weight is 283 g/mol. The van der Waals surface area contributed by atoms with E-state index in [1.165, 1.54) is 11.1 Å². The minimum atomic E-state index is -1.01. The highest BCUT2D eigenvalue weighted by atomic mass is 15.3. The summed E-state index contributed by atoms with van der Waals surface area (Å²) in [5, 5.41) is 10.0. The molecule has 7 heteroatoms. The van der Waals surface area contributed by atoms with Gasteiger partial charge in [0.25, 0.3) is 0 Å². The Morgan fingerprint density at radius 2 is 2.10 bits per heavy atom. The lowest BCUT2D eigenvalue weighted by atomic mass is 10.0. The van der Waals surface area contributed by atoms with Gasteiger partial charge in [0, 0.05) is 24.9 Å². The van der Waals surface area contributed by atoms with Gasteiger partial charge in [-0.05, 0) is 24.2 Å². The van der Waals surface area contributed by atoms with Crippen LogP contribution in [0.4, 0.5) is 11.6 Å². The number of H-pyrrole nitrogens is 1. The first-order valence-corrected chi connectivity index (χ1v) is 6.82. The monoisotopic (exact) mass is 283 g/mol. The van der Waals surface area contributed by atoms with Crippen molar-refractivity contribution in [3.05, 3.63) is 40.5 Å². The summed E-state index contributed by atoms with van der Waals surface area (Å²) in [4.78, 5) is 6.70. The molecule has 21 heavy (non-hydrogen) atoms. The third kappa shape index (κ3) is 1.82. The smallest absolute Gasteiger partial charge is 0.210 e. The molecule has 4 rings (SSSR count). The Morgan fingerprint density at radius 1 is 1.29 bits per heavy atom. The first-order chi connectivity index (χ1) is 10.0. The van der Waals surface area contributed by atoms with Gasteiger partial charge in [0.2, 0.25) is 5.79 Å². The zero-order valence-corrected chi connectivity index (χ0v) is 11.7. The lowest BCUT2D eigenvalue weighted by Crippen LogP contribution is -2.45. The molecule has 2 aliphatic heterocycles. The van der Waals surface area contributed by atoms with Crippen LogP contribution in [0.5, 0.6) is 0 Å². The number of hydrogen-bond donors (Lipinski definition) is 4. The van der Waals surface area contributed by atoms with Gasteiger partial charge in [-0.3, -0.25) is 15.7 Å². The largest absolute Gasteiger partial charge is 0.383 e. The highest BCUT2D eigenvalue weighted by molar-refractivity contribution is 5.94. The molecule has 3 heterocycles. The van der Waals surface area contributed by atoms with E-state index in [1.807, 2.05) is 6.07 Å². The maximum absolute atomic E-state index is 6.42. The summed E-state index contributed by atoms with van der Waals surface area (Å²) in [5.41, 5.74) is 16.5. The van der Waals surface area contributed by atoms with Crippen LogP contribution in [0.1, 0.15) is 22.3 Å². The van der Waals surface area contributed by atoms with Gasteiger partial charge >= 0.3 is 0 Å². The van der Waals surface area contributed by atoms with E-state index in [1.54, 1.807) is 6.21 Å². The van der Waals surface area contributed by atoms with E-state index in [0.29, 0.717) is 11.6 Å². The second-order valence-corrected chi connectivity index (χ2v) is 5.70. The summed E-state index contributed by atoms with van der Waals surface area (Å²) in [5.74, 6) is 0.103. The third-order valence-electron chi connectivity index (χ3n) is 4.07. The summed E-state index contributed by atoms with van der Waals surface area (Å²) in [6, 6.07) is 6.25. The number of aromatic nitrogens is 2. The second-order valence-electron chi connectivity index (χ2n) is 5.70. The van der Waals surface area contributed by atoms with Crippen LogP contribution in [0, 0.1) is 0 Å². The molecule has 0 aliphatic carbocycles. The molecule has 2 aliphatic rings. The quantitative estimate of drug-likeness (QED) is 0.611. The average Bonchev–Trinajstić information content (AvgIpc) is 3.00. The summed E-state index contributed by atoms with van der Waals surface area (Å²) in [7, 11) is 2.10. The number of aliphatic imine (C=N–C) groups is 1. The molecule has 1 unspecified atom stereocenters. The van der Waals surface area contributed by atoms with Crippen molar-refractivity contribution < 1.29 is 0 Å². The molecular weight excluding hydrogens is 266 g/mol. The van der Waals surface area contributed by atoms with Crippen molar-refractivity contribution in [2.75, 3.05) is 18.1 Å². The van der Waals surface area contributed by atoms with Gasteiger partial charge in [0.05, 0.1) is 5.56 Å². The Labute approximate surface area is 122 Å². The maximum atomic E-state index is 6.42. The number of nitrogens with one attached hydrogen (secondary N) is 2. The lowest BCUT2D eigenvalue weighted by molar-refractivity contribution is 0.353. The van der Waals surface area contributed by atoms with Gasteiger partial charge in [-0.15, -0.1) is 0 Å². The van der Waals surface area contributed by atoms with Crippen molar-refractivity contribution in [1.82, 2.24) is 15.1 Å². The Morgan fingerprint density at radius 3 is 2.95 bits per heavy atom. The van der Waals surface area contributed by atoms with E-state index >= 15 is 0 Å². The van der Waals surface area contributed by atoms with Gasteiger partial charge in [0.1, 0.15) is 5.82 Å². The molecule has 0 spiro atoms. The molecule has 7 nitrogen and oxygen atoms in total. The van der Waals surface area contributed by atoms with Crippen molar-refractivity contribution in [2.24, 2.45) is 10.7 Å². The minimum Gasteiger partial charge on any atom is -0.383 e. The number of nitrogens with zero attached hydrogens (tertiary/aromatic N) is 3. The Kier molecular flexibility index (Phi) is 2.39. The lowest BCUT2D eigenvalue weighted by Gasteiger charge is -2.30. The molecule has 0 saturated carbocycles. The summed E-state index contributed by atoms with van der Waals surface area (Å²) in [6.07, 6.45) is 1.67. The van der Waals surface area contributed by atoms with Crippen molar-refractivity contribution in [1.29, 1.82) is 0 Å². The van der Waals surface area contributed by atoms with Crippen molar-refractivity contribution in [3.8, 4) is 0 Å². The van der Waals surface area contributed by atoms with Crippen molar-refractivity contribution in [3.63, 3.8) is 0 Å². The number of aromatic amines is 1. The van der Waals surface area contributed by atoms with Crippen molar-refractivity contribution >= 4 is 17.9 Å². The van der Waals surface area contributed by atoms with E-state index in [4.69, 9.17) is 11.5 Å². The molecule has 0 saturated heterocycles. The molecule has 108 valence electrons. The second kappa shape index (κ2) is 4.06. The third-order valence-corrected chi connectivity index (χ3v) is 4.07. The first kappa shape index (κ1) is 12.4. The topological polar surface area (TPSA) is 108 Å². The fourth-order valence-electron chi connectivity index (χ4n) is 2.92. The number of hydrogen-bond acceptors (Lipinski definition) is 6. The molecule has 0 amide bonds. The fraction of sp³-hybridized carbons (Fsp3) is 0.286. The number of rotatable bonds is 1. The summed E-state index contributed by atoms with van der Waals surface area (Å²) in [6.45, 7) is 1.91. The Hall–Kier alpha value is -2.38. The van der Waals surface area contributed by atoms with Gasteiger partial charge < -0.3 is 11.1 Å². The van der Waals surface area contributed by atoms with E-state index in [9.17, 15) is 0 Å². The van der Waals surface area contributed by atoms with E-state index < -0.39 is 5.79 Å². The van der Waals surface area contributed by atoms with Crippen LogP contribution in [0.25, 0.3) is 0 Å². The Bertz CT molecular complexity index is 748.